The Kier molecular flexibility index (Phi) is 5.83. The number of carbonyl (C=O) groups excluding carboxylic acids is 1. The zero-order valence-corrected chi connectivity index (χ0v) is 12.1. The van der Waals surface area contributed by atoms with Gasteiger partial charge in [-0.1, -0.05) is 12.1 Å². The summed E-state index contributed by atoms with van der Waals surface area (Å²) in [4.78, 5) is 13.4. The average Bonchev–Trinajstić information content (AvgIpc) is 2.36. The molecule has 0 saturated heterocycles. The molecule has 1 rings (SSSR count). The lowest BCUT2D eigenvalue weighted by Crippen LogP contribution is -2.33. The van der Waals surface area contributed by atoms with Crippen molar-refractivity contribution in [1.29, 1.82) is 0 Å². The summed E-state index contributed by atoms with van der Waals surface area (Å²) in [5, 5.41) is 9.19. The number of amides is 1. The number of hydrogen-bond acceptors (Lipinski definition) is 3. The van der Waals surface area contributed by atoms with E-state index in [2.05, 4.69) is 0 Å². The maximum atomic E-state index is 11.8. The van der Waals surface area contributed by atoms with Gasteiger partial charge in [0.2, 0.25) is 0 Å². The van der Waals surface area contributed by atoms with Gasteiger partial charge >= 0.3 is 0 Å². The Morgan fingerprint density at radius 1 is 1.42 bits per heavy atom. The van der Waals surface area contributed by atoms with Gasteiger partial charge in [0.1, 0.15) is 5.75 Å². The molecule has 1 amide bonds. The number of ether oxygens (including phenoxy) is 1. The maximum Gasteiger partial charge on any atom is 0.260 e. The molecule has 4 nitrogen and oxygen atoms in total. The predicted octanol–water partition coefficient (Wildman–Crippen LogP) is 1.91. The zero-order valence-electron chi connectivity index (χ0n) is 12.1. The fourth-order valence-corrected chi connectivity index (χ4v) is 1.62. The summed E-state index contributed by atoms with van der Waals surface area (Å²) in [5.41, 5.74) is 2.13. The molecule has 1 aromatic rings. The van der Waals surface area contributed by atoms with Crippen molar-refractivity contribution in [1.82, 2.24) is 4.90 Å². The van der Waals surface area contributed by atoms with Crippen molar-refractivity contribution in [3.63, 3.8) is 0 Å². The summed E-state index contributed by atoms with van der Waals surface area (Å²) in [7, 11) is 1.72. The fourth-order valence-electron chi connectivity index (χ4n) is 1.62. The second-order valence-electron chi connectivity index (χ2n) is 5.01. The Bertz CT molecular complexity index is 429. The van der Waals surface area contributed by atoms with E-state index in [-0.39, 0.29) is 12.5 Å². The summed E-state index contributed by atoms with van der Waals surface area (Å²) in [6, 6.07) is 5.92. The van der Waals surface area contributed by atoms with Gasteiger partial charge in [-0.15, -0.1) is 0 Å². The van der Waals surface area contributed by atoms with Crippen LogP contribution in [0, 0.1) is 13.8 Å². The van der Waals surface area contributed by atoms with Gasteiger partial charge in [0.25, 0.3) is 5.91 Å². The number of aliphatic hydroxyl groups excluding tert-OH is 1. The Hall–Kier alpha value is -1.55. The van der Waals surface area contributed by atoms with E-state index >= 15 is 0 Å². The summed E-state index contributed by atoms with van der Waals surface area (Å²) in [6.45, 7) is 6.22. The van der Waals surface area contributed by atoms with Crippen LogP contribution in [0.3, 0.4) is 0 Å². The van der Waals surface area contributed by atoms with E-state index in [0.717, 1.165) is 16.9 Å². The van der Waals surface area contributed by atoms with E-state index in [1.165, 1.54) is 0 Å². The smallest absolute Gasteiger partial charge is 0.260 e. The van der Waals surface area contributed by atoms with Gasteiger partial charge in [0.05, 0.1) is 6.10 Å². The van der Waals surface area contributed by atoms with E-state index in [9.17, 15) is 9.90 Å². The summed E-state index contributed by atoms with van der Waals surface area (Å²) < 4.78 is 5.55. The highest BCUT2D eigenvalue weighted by Crippen LogP contribution is 2.18. The van der Waals surface area contributed by atoms with Crippen LogP contribution >= 0.6 is 0 Å². The molecule has 0 bridgehead atoms. The summed E-state index contributed by atoms with van der Waals surface area (Å²) in [6.07, 6.45) is 0.182. The summed E-state index contributed by atoms with van der Waals surface area (Å²) >= 11 is 0. The van der Waals surface area contributed by atoms with Gasteiger partial charge in [-0.3, -0.25) is 4.79 Å². The van der Waals surface area contributed by atoms with Crippen molar-refractivity contribution in [2.75, 3.05) is 20.2 Å². The largest absolute Gasteiger partial charge is 0.483 e. The molecule has 0 aliphatic carbocycles. The van der Waals surface area contributed by atoms with Gasteiger partial charge in [0.15, 0.2) is 6.61 Å². The molecule has 106 valence electrons. The fraction of sp³-hybridized carbons (Fsp3) is 0.533. The number of benzene rings is 1. The molecule has 0 aliphatic heterocycles. The molecule has 0 aromatic heterocycles. The minimum Gasteiger partial charge on any atom is -0.483 e. The standard InChI is InChI=1S/C15H23NO3/c1-11-5-6-12(2)14(9-11)19-10-15(18)16(4)8-7-13(3)17/h5-6,9,13,17H,7-8,10H2,1-4H3. The number of aliphatic hydroxyl groups is 1. The van der Waals surface area contributed by atoms with Gasteiger partial charge < -0.3 is 14.7 Å². The molecule has 0 spiro atoms. The minimum atomic E-state index is -0.393. The van der Waals surface area contributed by atoms with Crippen molar-refractivity contribution in [3.8, 4) is 5.75 Å². The number of aryl methyl sites for hydroxylation is 2. The maximum absolute atomic E-state index is 11.8. The molecule has 0 aliphatic rings. The minimum absolute atomic E-state index is 0.0284. The molecule has 0 radical (unpaired) electrons. The first kappa shape index (κ1) is 15.5. The van der Waals surface area contributed by atoms with Crippen LogP contribution in [0.1, 0.15) is 24.5 Å². The zero-order chi connectivity index (χ0) is 14.4. The third-order valence-corrected chi connectivity index (χ3v) is 3.00. The monoisotopic (exact) mass is 265 g/mol. The van der Waals surface area contributed by atoms with Crippen LogP contribution in [0.4, 0.5) is 0 Å². The third-order valence-electron chi connectivity index (χ3n) is 3.00. The Morgan fingerprint density at radius 3 is 2.74 bits per heavy atom. The first-order valence-corrected chi connectivity index (χ1v) is 6.52. The molecular formula is C15H23NO3. The second-order valence-corrected chi connectivity index (χ2v) is 5.01. The van der Waals surface area contributed by atoms with Crippen LogP contribution in [-0.2, 0) is 4.79 Å². The first-order valence-electron chi connectivity index (χ1n) is 6.52. The lowest BCUT2D eigenvalue weighted by atomic mass is 10.1. The molecule has 0 fully saturated rings. The molecule has 1 atom stereocenters. The van der Waals surface area contributed by atoms with Crippen LogP contribution in [0.2, 0.25) is 0 Å². The highest BCUT2D eigenvalue weighted by molar-refractivity contribution is 5.77. The number of nitrogens with zero attached hydrogens (tertiary/aromatic N) is 1. The molecule has 1 aromatic carbocycles. The quantitative estimate of drug-likeness (QED) is 0.855. The van der Waals surface area contributed by atoms with Crippen molar-refractivity contribution >= 4 is 5.91 Å². The van der Waals surface area contributed by atoms with Crippen LogP contribution in [0.5, 0.6) is 5.75 Å². The van der Waals surface area contributed by atoms with E-state index in [4.69, 9.17) is 4.74 Å². The SMILES string of the molecule is Cc1ccc(C)c(OCC(=O)N(C)CCC(C)O)c1. The summed E-state index contributed by atoms with van der Waals surface area (Å²) in [5.74, 6) is 0.666. The highest BCUT2D eigenvalue weighted by atomic mass is 16.5. The molecule has 1 unspecified atom stereocenters. The normalized spacial score (nSPS) is 12.1. The van der Waals surface area contributed by atoms with Gasteiger partial charge in [-0.2, -0.15) is 0 Å². The Morgan fingerprint density at radius 2 is 2.11 bits per heavy atom. The van der Waals surface area contributed by atoms with Crippen LogP contribution in [0.15, 0.2) is 18.2 Å². The molecule has 19 heavy (non-hydrogen) atoms. The molecule has 4 heteroatoms. The molecular weight excluding hydrogens is 242 g/mol. The number of hydrogen-bond donors (Lipinski definition) is 1. The van der Waals surface area contributed by atoms with E-state index in [1.807, 2.05) is 32.0 Å². The first-order chi connectivity index (χ1) is 8.90. The van der Waals surface area contributed by atoms with Gasteiger partial charge in [0, 0.05) is 13.6 Å². The van der Waals surface area contributed by atoms with Crippen LogP contribution in [0.25, 0.3) is 0 Å². The van der Waals surface area contributed by atoms with Crippen LogP contribution in [-0.4, -0.2) is 42.2 Å². The highest BCUT2D eigenvalue weighted by Gasteiger charge is 2.11. The average molecular weight is 265 g/mol. The van der Waals surface area contributed by atoms with Crippen molar-refractivity contribution in [2.24, 2.45) is 0 Å². The lowest BCUT2D eigenvalue weighted by Gasteiger charge is -2.18. The number of rotatable bonds is 6. The van der Waals surface area contributed by atoms with E-state index < -0.39 is 6.10 Å². The third kappa shape index (κ3) is 5.30. The number of likely N-dealkylation sites (N-methyl/N-ethyl adjacent to an activating group) is 1. The second kappa shape index (κ2) is 7.14. The number of carbonyl (C=O) groups is 1. The van der Waals surface area contributed by atoms with Crippen molar-refractivity contribution < 1.29 is 14.6 Å². The Labute approximate surface area is 115 Å². The van der Waals surface area contributed by atoms with Crippen molar-refractivity contribution in [2.45, 2.75) is 33.3 Å². The molecule has 1 N–H and O–H groups in total. The van der Waals surface area contributed by atoms with Crippen molar-refractivity contribution in [3.05, 3.63) is 29.3 Å². The van der Waals surface area contributed by atoms with Crippen LogP contribution < -0.4 is 4.74 Å². The van der Waals surface area contributed by atoms with Gasteiger partial charge in [-0.25, -0.2) is 0 Å². The molecule has 0 saturated carbocycles. The van der Waals surface area contributed by atoms with Gasteiger partial charge in [-0.05, 0) is 44.4 Å². The van der Waals surface area contributed by atoms with E-state index in [0.29, 0.717) is 13.0 Å². The lowest BCUT2D eigenvalue weighted by molar-refractivity contribution is -0.132. The predicted molar refractivity (Wildman–Crippen MR) is 75.3 cm³/mol. The topological polar surface area (TPSA) is 49.8 Å². The molecule has 0 heterocycles. The Balaban J connectivity index is 2.47. The van der Waals surface area contributed by atoms with E-state index in [1.54, 1.807) is 18.9 Å².